The number of para-hydroxylation sites is 2. The van der Waals surface area contributed by atoms with Gasteiger partial charge >= 0.3 is 0 Å². The summed E-state index contributed by atoms with van der Waals surface area (Å²) in [4.78, 5) is 4.90. The number of hydrogen-bond donors (Lipinski definition) is 0. The molecular formula is C51H48ClN3O4. The summed E-state index contributed by atoms with van der Waals surface area (Å²) >= 11 is 0. The van der Waals surface area contributed by atoms with E-state index < -0.39 is 10.2 Å². The van der Waals surface area contributed by atoms with Crippen LogP contribution < -0.4 is 28.4 Å². The predicted molar refractivity (Wildman–Crippen MR) is 230 cm³/mol. The minimum absolute atomic E-state index is 0.136. The zero-order chi connectivity index (χ0) is 41.7. The standard InChI is InChI=1S/C51H48N3.ClHO4/c1-50(2)43-31-27-35-17-13-15-23-41(35)48(43)52(5)45(50)33-29-37-25-26-38(47(37)54(39-19-9-7-10-20-39)40-21-11-8-12-22-40)30-34-46-51(3,4)44-32-28-36-18-14-16-24-42(36)49(44)53(46)6;2-1(3,4)5/h7-24,27-34H,25-26H2,1-6H3;(H,2,3,4,5)/q+1;/p-1. The largest absolute Gasteiger partial charge is 0.347 e. The maximum absolute atomic E-state index is 8.49. The van der Waals surface area contributed by atoms with Crippen LogP contribution in [0.4, 0.5) is 22.7 Å². The summed E-state index contributed by atoms with van der Waals surface area (Å²) in [6, 6.07) is 48.5. The first-order valence-electron chi connectivity index (χ1n) is 19.9. The van der Waals surface area contributed by atoms with Crippen LogP contribution in [0.5, 0.6) is 0 Å². The van der Waals surface area contributed by atoms with Crippen molar-refractivity contribution in [2.75, 3.05) is 23.9 Å². The summed E-state index contributed by atoms with van der Waals surface area (Å²) < 4.78 is 36.4. The minimum atomic E-state index is -4.94. The fraction of sp³-hybridized carbons (Fsp3) is 0.196. The Kier molecular flexibility index (Phi) is 10.5. The van der Waals surface area contributed by atoms with Gasteiger partial charge in [0.1, 0.15) is 7.05 Å². The van der Waals surface area contributed by atoms with Crippen LogP contribution in [0.2, 0.25) is 0 Å². The van der Waals surface area contributed by atoms with Crippen molar-refractivity contribution >= 4 is 50.0 Å². The summed E-state index contributed by atoms with van der Waals surface area (Å²) in [6.45, 7) is 9.47. The third-order valence-electron chi connectivity index (χ3n) is 12.2. The molecule has 0 radical (unpaired) electrons. The van der Waals surface area contributed by atoms with Gasteiger partial charge in [0.05, 0.1) is 22.2 Å². The van der Waals surface area contributed by atoms with Crippen molar-refractivity contribution in [3.05, 3.63) is 191 Å². The van der Waals surface area contributed by atoms with Crippen molar-refractivity contribution in [3.63, 3.8) is 0 Å². The van der Waals surface area contributed by atoms with Gasteiger partial charge in [-0.1, -0.05) is 129 Å². The summed E-state index contributed by atoms with van der Waals surface area (Å²) in [7, 11) is -0.467. The van der Waals surface area contributed by atoms with Gasteiger partial charge in [-0.05, 0) is 90.6 Å². The van der Waals surface area contributed by atoms with E-state index in [-0.39, 0.29) is 10.8 Å². The number of hydrogen-bond acceptors (Lipinski definition) is 6. The lowest BCUT2D eigenvalue weighted by molar-refractivity contribution is -2.00. The van der Waals surface area contributed by atoms with E-state index in [1.54, 1.807) is 0 Å². The molecule has 7 nitrogen and oxygen atoms in total. The number of benzene rings is 6. The van der Waals surface area contributed by atoms with Crippen molar-refractivity contribution in [1.82, 2.24) is 0 Å². The molecule has 0 spiro atoms. The highest BCUT2D eigenvalue weighted by Crippen LogP contribution is 2.51. The molecule has 6 aromatic rings. The molecule has 1 aliphatic carbocycles. The van der Waals surface area contributed by atoms with E-state index in [4.69, 9.17) is 18.6 Å². The first-order valence-corrected chi connectivity index (χ1v) is 21.1. The Bertz CT molecular complexity index is 2700. The van der Waals surface area contributed by atoms with Crippen LogP contribution in [0.15, 0.2) is 180 Å². The zero-order valence-electron chi connectivity index (χ0n) is 34.3. The summed E-state index contributed by atoms with van der Waals surface area (Å²) in [6.07, 6.45) is 11.6. The van der Waals surface area contributed by atoms with Gasteiger partial charge in [0.2, 0.25) is 5.69 Å². The molecule has 2 aliphatic heterocycles. The third kappa shape index (κ3) is 7.41. The number of likely N-dealkylation sites (N-methyl/N-ethyl adjacent to an activating group) is 1. The van der Waals surface area contributed by atoms with Gasteiger partial charge in [0.15, 0.2) is 5.71 Å². The second-order valence-corrected chi connectivity index (χ2v) is 17.2. The highest BCUT2D eigenvalue weighted by atomic mass is 35.7. The molecule has 9 rings (SSSR count). The number of rotatable bonds is 6. The Morgan fingerprint density at radius 3 is 1.75 bits per heavy atom. The Morgan fingerprint density at radius 2 is 1.14 bits per heavy atom. The molecule has 0 atom stereocenters. The van der Waals surface area contributed by atoms with E-state index in [0.717, 1.165) is 24.2 Å². The second-order valence-electron chi connectivity index (χ2n) is 16.5. The Labute approximate surface area is 348 Å². The number of halogens is 1. The van der Waals surface area contributed by atoms with E-state index in [1.807, 2.05) is 0 Å². The highest BCUT2D eigenvalue weighted by Gasteiger charge is 2.44. The van der Waals surface area contributed by atoms with E-state index in [9.17, 15) is 0 Å². The van der Waals surface area contributed by atoms with Gasteiger partial charge in [-0.2, -0.15) is 4.58 Å². The van der Waals surface area contributed by atoms with E-state index in [0.29, 0.717) is 0 Å². The summed E-state index contributed by atoms with van der Waals surface area (Å²) in [5.74, 6) is 0. The third-order valence-corrected chi connectivity index (χ3v) is 12.2. The molecule has 6 aromatic carbocycles. The molecule has 0 saturated heterocycles. The van der Waals surface area contributed by atoms with Crippen LogP contribution in [-0.4, -0.2) is 24.4 Å². The molecular weight excluding hydrogens is 754 g/mol. The van der Waals surface area contributed by atoms with Crippen molar-refractivity contribution in [2.24, 2.45) is 0 Å². The molecule has 298 valence electrons. The SMILES string of the molecule is CN1/C(=C/C=C2\CCC(/C=C/C3=[N+](C)c4c(ccc5ccccc45)C3(C)C)=C2N(c2ccccc2)c2ccccc2)C(C)(C)c2ccc3ccccc3c21.[O-][Cl+3]([O-])([O-])[O-]. The second kappa shape index (κ2) is 15.4. The van der Waals surface area contributed by atoms with Crippen molar-refractivity contribution in [2.45, 2.75) is 51.4 Å². The van der Waals surface area contributed by atoms with Gasteiger partial charge in [0, 0.05) is 46.6 Å². The Hall–Kier alpha value is -5.80. The number of allylic oxidation sites excluding steroid dienone is 7. The molecule has 0 unspecified atom stereocenters. The molecule has 0 fully saturated rings. The van der Waals surface area contributed by atoms with Crippen molar-refractivity contribution in [3.8, 4) is 0 Å². The molecule has 8 heteroatoms. The van der Waals surface area contributed by atoms with Crippen molar-refractivity contribution < 1.29 is 33.5 Å². The normalized spacial score (nSPS) is 18.3. The molecule has 0 saturated carbocycles. The fourth-order valence-corrected chi connectivity index (χ4v) is 9.48. The summed E-state index contributed by atoms with van der Waals surface area (Å²) in [5, 5.41) is 5.18. The van der Waals surface area contributed by atoms with Crippen molar-refractivity contribution in [1.29, 1.82) is 0 Å². The van der Waals surface area contributed by atoms with Crippen LogP contribution in [0, 0.1) is 10.2 Å². The monoisotopic (exact) mass is 801 g/mol. The van der Waals surface area contributed by atoms with E-state index in [2.05, 4.69) is 214 Å². The first kappa shape index (κ1) is 40.0. The molecule has 3 aliphatic rings. The van der Waals surface area contributed by atoms with Gasteiger partial charge < -0.3 is 9.80 Å². The average Bonchev–Trinajstić information content (AvgIpc) is 3.76. The predicted octanol–water partition coefficient (Wildman–Crippen LogP) is 7.92. The first-order chi connectivity index (χ1) is 28.2. The van der Waals surface area contributed by atoms with Gasteiger partial charge in [-0.25, -0.2) is 18.6 Å². The lowest BCUT2D eigenvalue weighted by Gasteiger charge is -2.29. The molecule has 0 bridgehead atoms. The van der Waals surface area contributed by atoms with Gasteiger partial charge in [-0.3, -0.25) is 0 Å². The molecule has 0 N–H and O–H groups in total. The zero-order valence-corrected chi connectivity index (χ0v) is 35.0. The maximum Gasteiger partial charge on any atom is 0.217 e. The topological polar surface area (TPSA) is 102 Å². The molecule has 0 aromatic heterocycles. The quantitative estimate of drug-likeness (QED) is 0.159. The lowest BCUT2D eigenvalue weighted by Crippen LogP contribution is -2.68. The van der Waals surface area contributed by atoms with E-state index >= 15 is 0 Å². The minimum Gasteiger partial charge on any atom is -0.347 e. The van der Waals surface area contributed by atoms with Gasteiger partial charge in [0.25, 0.3) is 0 Å². The van der Waals surface area contributed by atoms with Crippen LogP contribution in [-0.2, 0) is 10.8 Å². The van der Waals surface area contributed by atoms with Crippen LogP contribution in [0.1, 0.15) is 51.7 Å². The lowest BCUT2D eigenvalue weighted by atomic mass is 9.80. The molecule has 2 heterocycles. The highest BCUT2D eigenvalue weighted by molar-refractivity contribution is 6.07. The number of fused-ring (bicyclic) bond motifs is 6. The fourth-order valence-electron chi connectivity index (χ4n) is 9.48. The summed E-state index contributed by atoms with van der Waals surface area (Å²) in [5.41, 5.74) is 14.0. The smallest absolute Gasteiger partial charge is 0.217 e. The van der Waals surface area contributed by atoms with Crippen LogP contribution in [0.3, 0.4) is 0 Å². The van der Waals surface area contributed by atoms with E-state index in [1.165, 1.54) is 72.3 Å². The van der Waals surface area contributed by atoms with Gasteiger partial charge in [-0.15, -0.1) is 10.2 Å². The average molecular weight is 802 g/mol. The number of anilines is 3. The molecule has 0 amide bonds. The van der Waals surface area contributed by atoms with Crippen LogP contribution >= 0.6 is 0 Å². The molecule has 59 heavy (non-hydrogen) atoms. The number of nitrogens with zero attached hydrogens (tertiary/aromatic N) is 3. The Morgan fingerprint density at radius 1 is 0.610 bits per heavy atom. The van der Waals surface area contributed by atoms with Crippen LogP contribution in [0.25, 0.3) is 21.5 Å². The Balaban J connectivity index is 0.000000915. The maximum atomic E-state index is 8.49.